The highest BCUT2D eigenvalue weighted by atomic mass is 32.1. The summed E-state index contributed by atoms with van der Waals surface area (Å²) in [5, 5.41) is 9.59. The van der Waals surface area contributed by atoms with Gasteiger partial charge in [-0.05, 0) is 99.1 Å². The quantitative estimate of drug-likeness (QED) is 0.166. The van der Waals surface area contributed by atoms with Crippen molar-refractivity contribution in [3.05, 3.63) is 237 Å². The Balaban J connectivity index is 0.842. The average Bonchev–Trinajstić information content (AvgIpc) is 4.20. The van der Waals surface area contributed by atoms with Crippen molar-refractivity contribution in [2.24, 2.45) is 0 Å². The molecule has 0 aliphatic rings. The molecule has 0 N–H and O–H groups in total. The molecule has 11 aromatic carbocycles. The first kappa shape index (κ1) is 39.1. The number of rotatable bonds is 6. The molecule has 15 aromatic rings. The molecule has 0 spiro atoms. The monoisotopic (exact) mass is 909 g/mol. The molecule has 0 unspecified atom stereocenters. The smallest absolute Gasteiger partial charge is 0.143 e. The molecule has 0 aliphatic heterocycles. The van der Waals surface area contributed by atoms with E-state index in [1.807, 2.05) is 35.6 Å². The van der Waals surface area contributed by atoms with Gasteiger partial charge in [-0.3, -0.25) is 0 Å². The first-order chi connectivity index (χ1) is 34.7. The van der Waals surface area contributed by atoms with Crippen LogP contribution >= 0.6 is 11.3 Å². The van der Waals surface area contributed by atoms with Crippen molar-refractivity contribution in [1.82, 2.24) is 4.57 Å². The Morgan fingerprint density at radius 3 is 1.26 bits per heavy atom. The summed E-state index contributed by atoms with van der Waals surface area (Å²) in [5.74, 6) is 0. The van der Waals surface area contributed by atoms with E-state index < -0.39 is 0 Å². The maximum absolute atomic E-state index is 6.46. The normalized spacial score (nSPS) is 12.0. The molecule has 3 nitrogen and oxygen atoms in total. The third kappa shape index (κ3) is 6.00. The minimum atomic E-state index is 0.905. The lowest BCUT2D eigenvalue weighted by Crippen LogP contribution is -1.94. The van der Waals surface area contributed by atoms with Gasteiger partial charge in [-0.15, -0.1) is 11.3 Å². The number of fused-ring (bicyclic) bond motifs is 12. The molecule has 0 bridgehead atoms. The summed E-state index contributed by atoms with van der Waals surface area (Å²) in [7, 11) is 0. The molecule has 15 rings (SSSR count). The fourth-order valence-electron chi connectivity index (χ4n) is 11.1. The first-order valence-corrected chi connectivity index (χ1v) is 24.6. The van der Waals surface area contributed by atoms with Crippen LogP contribution < -0.4 is 0 Å². The molecule has 0 saturated heterocycles. The van der Waals surface area contributed by atoms with Crippen LogP contribution in [0.3, 0.4) is 0 Å². The third-order valence-electron chi connectivity index (χ3n) is 14.5. The lowest BCUT2D eigenvalue weighted by molar-refractivity contribution is 0.669. The third-order valence-corrected chi connectivity index (χ3v) is 15.7. The summed E-state index contributed by atoms with van der Waals surface area (Å²) in [6, 6.07) is 85.7. The van der Waals surface area contributed by atoms with Crippen molar-refractivity contribution in [3.8, 4) is 61.3 Å². The molecule has 4 heteroatoms. The Bertz CT molecular complexity index is 4350. The summed E-state index contributed by atoms with van der Waals surface area (Å²) < 4.78 is 17.9. The van der Waals surface area contributed by atoms with Gasteiger partial charge in [0.05, 0.1) is 11.0 Å². The number of hydrogen-bond donors (Lipinski definition) is 0. The maximum atomic E-state index is 6.46. The number of furan rings is 2. The van der Waals surface area contributed by atoms with Crippen LogP contribution in [0.15, 0.2) is 245 Å². The van der Waals surface area contributed by atoms with E-state index in [1.165, 1.54) is 58.8 Å². The van der Waals surface area contributed by atoms with Crippen molar-refractivity contribution in [2.45, 2.75) is 0 Å². The molecule has 326 valence electrons. The minimum absolute atomic E-state index is 0.905. The Labute approximate surface area is 406 Å². The molecule has 4 heterocycles. The zero-order chi connectivity index (χ0) is 45.9. The lowest BCUT2D eigenvalue weighted by Gasteiger charge is -2.11. The molecule has 70 heavy (non-hydrogen) atoms. The maximum Gasteiger partial charge on any atom is 0.143 e. The minimum Gasteiger partial charge on any atom is -0.455 e. The van der Waals surface area contributed by atoms with Crippen LogP contribution in [0.1, 0.15) is 0 Å². The van der Waals surface area contributed by atoms with Crippen LogP contribution in [-0.4, -0.2) is 4.57 Å². The van der Waals surface area contributed by atoms with Crippen molar-refractivity contribution < 1.29 is 8.83 Å². The van der Waals surface area contributed by atoms with Crippen molar-refractivity contribution in [1.29, 1.82) is 0 Å². The first-order valence-electron chi connectivity index (χ1n) is 23.8. The Hall–Kier alpha value is -8.96. The fraction of sp³-hybridized carbons (Fsp3) is 0. The van der Waals surface area contributed by atoms with Gasteiger partial charge in [0.25, 0.3) is 0 Å². The van der Waals surface area contributed by atoms with E-state index in [-0.39, 0.29) is 0 Å². The highest BCUT2D eigenvalue weighted by Gasteiger charge is 2.18. The predicted molar refractivity (Wildman–Crippen MR) is 295 cm³/mol. The van der Waals surface area contributed by atoms with E-state index in [2.05, 4.69) is 217 Å². The van der Waals surface area contributed by atoms with E-state index >= 15 is 0 Å². The molecule has 4 aromatic heterocycles. The van der Waals surface area contributed by atoms with E-state index in [0.717, 1.165) is 88.4 Å². The molecular weight excluding hydrogens is 871 g/mol. The molecule has 0 atom stereocenters. The van der Waals surface area contributed by atoms with Gasteiger partial charge < -0.3 is 13.4 Å². The molecule has 0 amide bonds. The van der Waals surface area contributed by atoms with Crippen LogP contribution in [0.5, 0.6) is 0 Å². The summed E-state index contributed by atoms with van der Waals surface area (Å²) >= 11 is 1.88. The number of para-hydroxylation sites is 4. The van der Waals surface area contributed by atoms with Crippen LogP contribution in [0.4, 0.5) is 0 Å². The van der Waals surface area contributed by atoms with Crippen molar-refractivity contribution in [2.75, 3.05) is 0 Å². The number of nitrogens with zero attached hydrogens (tertiary/aromatic N) is 1. The van der Waals surface area contributed by atoms with Gasteiger partial charge in [-0.2, -0.15) is 0 Å². The largest absolute Gasteiger partial charge is 0.455 e. The topological polar surface area (TPSA) is 31.2 Å². The van der Waals surface area contributed by atoms with E-state index in [0.29, 0.717) is 0 Å². The number of aromatic nitrogens is 1. The second kappa shape index (κ2) is 15.3. The zero-order valence-corrected chi connectivity index (χ0v) is 38.5. The highest BCUT2D eigenvalue weighted by Crippen LogP contribution is 2.43. The van der Waals surface area contributed by atoms with Crippen molar-refractivity contribution in [3.63, 3.8) is 0 Å². The SMILES string of the molecule is c1ccc2c(c1)oc1c(-c3ccc(-c4ccc5c(c4)c4cc(-c6ccc(-c7cccc8c7sc7ccccc78)cc6)ccc4n5-c4ccc(-c5cccc6c5oc5ccccc56)cc4)cc3)cccc12. The summed E-state index contributed by atoms with van der Waals surface area (Å²) in [6.07, 6.45) is 0. The number of thiophene rings is 1. The Morgan fingerprint density at radius 2 is 0.700 bits per heavy atom. The number of benzene rings is 11. The zero-order valence-electron chi connectivity index (χ0n) is 37.7. The summed E-state index contributed by atoms with van der Waals surface area (Å²) in [5.41, 5.74) is 18.7. The standard InChI is InChI=1S/C66H39NO2S/c1-4-19-61-51(10-1)54-16-7-13-48(64(54)68-61)42-26-22-40(23-27-42)45-32-36-59-57(38-45)58-39-46(41-24-28-44(29-25-41)50-15-9-18-56-53-12-3-6-21-63(53)70-66(50)56)33-37-60(58)67(59)47-34-30-43(31-35-47)49-14-8-17-55-52-11-2-5-20-62(52)69-65(49)55/h1-39H. The number of hydrogen-bond acceptors (Lipinski definition) is 3. The van der Waals surface area contributed by atoms with Gasteiger partial charge >= 0.3 is 0 Å². The predicted octanol–water partition coefficient (Wildman–Crippen LogP) is 19.3. The lowest BCUT2D eigenvalue weighted by atomic mass is 9.97. The second-order valence-electron chi connectivity index (χ2n) is 18.3. The van der Waals surface area contributed by atoms with E-state index in [9.17, 15) is 0 Å². The second-order valence-corrected chi connectivity index (χ2v) is 19.4. The Kier molecular flexibility index (Phi) is 8.53. The van der Waals surface area contributed by atoms with E-state index in [1.54, 1.807) is 0 Å². The van der Waals surface area contributed by atoms with Gasteiger partial charge in [0.1, 0.15) is 22.3 Å². The van der Waals surface area contributed by atoms with Gasteiger partial charge in [-0.1, -0.05) is 182 Å². The molecule has 0 fully saturated rings. The average molecular weight is 910 g/mol. The molecule has 0 saturated carbocycles. The highest BCUT2D eigenvalue weighted by molar-refractivity contribution is 7.26. The summed E-state index contributed by atoms with van der Waals surface area (Å²) in [4.78, 5) is 0. The molecule has 0 radical (unpaired) electrons. The van der Waals surface area contributed by atoms with Crippen LogP contribution in [0.25, 0.3) is 147 Å². The van der Waals surface area contributed by atoms with Crippen LogP contribution in [0, 0.1) is 0 Å². The van der Waals surface area contributed by atoms with Gasteiger partial charge in [0, 0.05) is 69.3 Å². The van der Waals surface area contributed by atoms with Crippen molar-refractivity contribution >= 4 is 97.2 Å². The molecule has 0 aliphatic carbocycles. The fourth-order valence-corrected chi connectivity index (χ4v) is 12.3. The van der Waals surface area contributed by atoms with E-state index in [4.69, 9.17) is 8.83 Å². The Morgan fingerprint density at radius 1 is 0.286 bits per heavy atom. The molecular formula is C66H39NO2S. The van der Waals surface area contributed by atoms with Gasteiger partial charge in [-0.25, -0.2) is 0 Å². The van der Waals surface area contributed by atoms with Gasteiger partial charge in [0.2, 0.25) is 0 Å². The summed E-state index contributed by atoms with van der Waals surface area (Å²) in [6.45, 7) is 0. The van der Waals surface area contributed by atoms with Crippen LogP contribution in [0.2, 0.25) is 0 Å². The van der Waals surface area contributed by atoms with Gasteiger partial charge in [0.15, 0.2) is 0 Å². The van der Waals surface area contributed by atoms with Crippen LogP contribution in [-0.2, 0) is 0 Å².